The lowest BCUT2D eigenvalue weighted by Crippen LogP contribution is -2.32. The molecule has 0 aromatic heterocycles. The van der Waals surface area contributed by atoms with Gasteiger partial charge in [-0.25, -0.2) is 0 Å². The van der Waals surface area contributed by atoms with E-state index in [0.717, 1.165) is 13.0 Å². The van der Waals surface area contributed by atoms with E-state index in [1.165, 1.54) is 0 Å². The third-order valence-corrected chi connectivity index (χ3v) is 3.89. The number of ether oxygens (including phenoxy) is 2. The Hall–Kier alpha value is -1.46. The van der Waals surface area contributed by atoms with Crippen molar-refractivity contribution in [3.8, 4) is 11.5 Å². The number of amides is 1. The lowest BCUT2D eigenvalue weighted by Gasteiger charge is -2.15. The summed E-state index contributed by atoms with van der Waals surface area (Å²) in [5.74, 6) is 1.18. The molecule has 5 nitrogen and oxygen atoms in total. The molecule has 0 spiro atoms. The summed E-state index contributed by atoms with van der Waals surface area (Å²) in [6.07, 6.45) is 0.842. The van der Waals surface area contributed by atoms with Gasteiger partial charge in [-0.15, -0.1) is 0 Å². The molecular weight excluding hydrogens is 268 g/mol. The first-order valence-electron chi connectivity index (χ1n) is 6.28. The quantitative estimate of drug-likeness (QED) is 0.871. The molecule has 2 atom stereocenters. The molecule has 0 radical (unpaired) electrons. The molecule has 0 saturated carbocycles. The van der Waals surface area contributed by atoms with Crippen LogP contribution in [0, 0.1) is 5.92 Å². The number of anilines is 1. The molecule has 102 valence electrons. The number of benzene rings is 1. The first-order valence-corrected chi connectivity index (χ1v) is 6.66. The molecule has 3 rings (SSSR count). The van der Waals surface area contributed by atoms with Crippen LogP contribution in [-0.4, -0.2) is 25.3 Å². The molecule has 19 heavy (non-hydrogen) atoms. The fourth-order valence-corrected chi connectivity index (χ4v) is 2.66. The molecule has 2 heterocycles. The average Bonchev–Trinajstić information content (AvgIpc) is 2.98. The van der Waals surface area contributed by atoms with Crippen molar-refractivity contribution >= 4 is 23.2 Å². The summed E-state index contributed by atoms with van der Waals surface area (Å²) in [4.78, 5) is 12.2. The topological polar surface area (TPSA) is 59.6 Å². The van der Waals surface area contributed by atoms with Gasteiger partial charge in [-0.2, -0.15) is 0 Å². The lowest BCUT2D eigenvalue weighted by molar-refractivity contribution is -0.119. The van der Waals surface area contributed by atoms with Gasteiger partial charge in [-0.3, -0.25) is 4.79 Å². The van der Waals surface area contributed by atoms with E-state index >= 15 is 0 Å². The van der Waals surface area contributed by atoms with E-state index in [-0.39, 0.29) is 24.7 Å². The first kappa shape index (κ1) is 12.6. The van der Waals surface area contributed by atoms with E-state index in [0.29, 0.717) is 22.2 Å². The van der Waals surface area contributed by atoms with Crippen LogP contribution < -0.4 is 20.1 Å². The van der Waals surface area contributed by atoms with Crippen molar-refractivity contribution < 1.29 is 14.3 Å². The summed E-state index contributed by atoms with van der Waals surface area (Å²) in [6.45, 7) is 3.07. The number of fused-ring (bicyclic) bond motifs is 1. The fraction of sp³-hybridized carbons (Fsp3) is 0.462. The van der Waals surface area contributed by atoms with Gasteiger partial charge in [-0.05, 0) is 19.9 Å². The third kappa shape index (κ3) is 2.35. The zero-order chi connectivity index (χ0) is 13.4. The van der Waals surface area contributed by atoms with Crippen LogP contribution in [0.3, 0.4) is 0 Å². The van der Waals surface area contributed by atoms with Crippen LogP contribution in [-0.2, 0) is 4.79 Å². The standard InChI is InChI=1S/C13H15ClN2O3/c1-7-8(2-3-15-7)13(17)16-10-5-12-11(4-9(10)14)18-6-19-12/h4-5,7-8,15H,2-3,6H2,1H3,(H,16,17). The number of carbonyl (C=O) groups excluding carboxylic acids is 1. The van der Waals surface area contributed by atoms with Crippen LogP contribution in [0.25, 0.3) is 0 Å². The second-order valence-electron chi connectivity index (χ2n) is 4.81. The Kier molecular flexibility index (Phi) is 3.24. The molecular formula is C13H15ClN2O3. The highest BCUT2D eigenvalue weighted by Crippen LogP contribution is 2.39. The smallest absolute Gasteiger partial charge is 0.231 e. The minimum absolute atomic E-state index is 0.0155. The summed E-state index contributed by atoms with van der Waals surface area (Å²) in [5, 5.41) is 6.57. The van der Waals surface area contributed by atoms with Gasteiger partial charge in [-0.1, -0.05) is 11.6 Å². The summed E-state index contributed by atoms with van der Waals surface area (Å²) < 4.78 is 10.5. The van der Waals surface area contributed by atoms with Crippen LogP contribution in [0.15, 0.2) is 12.1 Å². The Bertz CT molecular complexity index is 521. The minimum atomic E-state index is -0.0264. The Morgan fingerprint density at radius 1 is 1.42 bits per heavy atom. The largest absolute Gasteiger partial charge is 0.454 e. The summed E-state index contributed by atoms with van der Waals surface area (Å²) in [5.41, 5.74) is 0.565. The van der Waals surface area contributed by atoms with E-state index < -0.39 is 0 Å². The van der Waals surface area contributed by atoms with Crippen molar-refractivity contribution in [3.05, 3.63) is 17.2 Å². The van der Waals surface area contributed by atoms with E-state index in [1.807, 2.05) is 6.92 Å². The number of nitrogens with one attached hydrogen (secondary N) is 2. The maximum atomic E-state index is 12.2. The number of hydrogen-bond donors (Lipinski definition) is 2. The number of halogens is 1. The molecule has 1 fully saturated rings. The van der Waals surface area contributed by atoms with E-state index in [1.54, 1.807) is 12.1 Å². The summed E-state index contributed by atoms with van der Waals surface area (Å²) in [6, 6.07) is 3.55. The molecule has 0 bridgehead atoms. The van der Waals surface area contributed by atoms with Gasteiger partial charge >= 0.3 is 0 Å². The number of carbonyl (C=O) groups is 1. The van der Waals surface area contributed by atoms with Crippen LogP contribution >= 0.6 is 11.6 Å². The first-order chi connectivity index (χ1) is 9.15. The number of hydrogen-bond acceptors (Lipinski definition) is 4. The predicted octanol–water partition coefficient (Wildman–Crippen LogP) is 2.01. The fourth-order valence-electron chi connectivity index (χ4n) is 2.46. The average molecular weight is 283 g/mol. The Balaban J connectivity index is 1.78. The van der Waals surface area contributed by atoms with E-state index in [9.17, 15) is 4.79 Å². The molecule has 1 aromatic carbocycles. The zero-order valence-electron chi connectivity index (χ0n) is 10.5. The van der Waals surface area contributed by atoms with Crippen molar-refractivity contribution in [2.75, 3.05) is 18.7 Å². The normalized spacial score (nSPS) is 24.5. The van der Waals surface area contributed by atoms with Crippen molar-refractivity contribution in [2.24, 2.45) is 5.92 Å². The lowest BCUT2D eigenvalue weighted by atomic mass is 10.0. The highest BCUT2D eigenvalue weighted by molar-refractivity contribution is 6.34. The molecule has 2 aliphatic rings. The Morgan fingerprint density at radius 3 is 2.84 bits per heavy atom. The van der Waals surface area contributed by atoms with Gasteiger partial charge in [0.25, 0.3) is 0 Å². The van der Waals surface area contributed by atoms with Crippen molar-refractivity contribution in [2.45, 2.75) is 19.4 Å². The Labute approximate surface area is 116 Å². The van der Waals surface area contributed by atoms with Gasteiger partial charge in [0.2, 0.25) is 12.7 Å². The maximum absolute atomic E-state index is 12.2. The second kappa shape index (κ2) is 4.90. The van der Waals surface area contributed by atoms with Crippen LogP contribution in [0.4, 0.5) is 5.69 Å². The van der Waals surface area contributed by atoms with Crippen LogP contribution in [0.5, 0.6) is 11.5 Å². The molecule has 1 saturated heterocycles. The zero-order valence-corrected chi connectivity index (χ0v) is 11.3. The van der Waals surface area contributed by atoms with Gasteiger partial charge in [0.15, 0.2) is 11.5 Å². The second-order valence-corrected chi connectivity index (χ2v) is 5.22. The van der Waals surface area contributed by atoms with Crippen molar-refractivity contribution in [3.63, 3.8) is 0 Å². The molecule has 6 heteroatoms. The highest BCUT2D eigenvalue weighted by Gasteiger charge is 2.30. The molecule has 2 unspecified atom stereocenters. The van der Waals surface area contributed by atoms with Crippen LogP contribution in [0.2, 0.25) is 5.02 Å². The molecule has 1 aromatic rings. The number of rotatable bonds is 2. The van der Waals surface area contributed by atoms with Crippen molar-refractivity contribution in [1.82, 2.24) is 5.32 Å². The predicted molar refractivity (Wildman–Crippen MR) is 71.8 cm³/mol. The summed E-state index contributed by atoms with van der Waals surface area (Å²) >= 11 is 6.13. The Morgan fingerprint density at radius 2 is 2.16 bits per heavy atom. The van der Waals surface area contributed by atoms with E-state index in [2.05, 4.69) is 10.6 Å². The summed E-state index contributed by atoms with van der Waals surface area (Å²) in [7, 11) is 0. The molecule has 2 N–H and O–H groups in total. The maximum Gasteiger partial charge on any atom is 0.231 e. The minimum Gasteiger partial charge on any atom is -0.454 e. The molecule has 0 aliphatic carbocycles. The van der Waals surface area contributed by atoms with Gasteiger partial charge in [0, 0.05) is 18.2 Å². The van der Waals surface area contributed by atoms with Gasteiger partial charge in [0.05, 0.1) is 16.6 Å². The van der Waals surface area contributed by atoms with E-state index in [4.69, 9.17) is 21.1 Å². The van der Waals surface area contributed by atoms with Crippen molar-refractivity contribution in [1.29, 1.82) is 0 Å². The molecule has 1 amide bonds. The monoisotopic (exact) mass is 282 g/mol. The highest BCUT2D eigenvalue weighted by atomic mass is 35.5. The van der Waals surface area contributed by atoms with Crippen LogP contribution in [0.1, 0.15) is 13.3 Å². The molecule has 2 aliphatic heterocycles. The van der Waals surface area contributed by atoms with Gasteiger partial charge < -0.3 is 20.1 Å². The SMILES string of the molecule is CC1NCCC1C(=O)Nc1cc2c(cc1Cl)OCO2. The third-order valence-electron chi connectivity index (χ3n) is 3.58. The van der Waals surface area contributed by atoms with Gasteiger partial charge in [0.1, 0.15) is 0 Å².